The molecule has 2 N–H and O–H groups in total. The maximum absolute atomic E-state index is 8.47. The van der Waals surface area contributed by atoms with Crippen LogP contribution in [0.25, 0.3) is 0 Å². The molecule has 0 atom stereocenters. The summed E-state index contributed by atoms with van der Waals surface area (Å²) in [5.74, 6) is 0. The van der Waals surface area contributed by atoms with Crippen molar-refractivity contribution in [3.63, 3.8) is 0 Å². The third-order valence-corrected chi connectivity index (χ3v) is 1.99. The van der Waals surface area contributed by atoms with Crippen LogP contribution in [0.1, 0.15) is 20.3 Å². The van der Waals surface area contributed by atoms with E-state index >= 15 is 0 Å². The van der Waals surface area contributed by atoms with Crippen molar-refractivity contribution in [3.05, 3.63) is 35.3 Å². The minimum Gasteiger partial charge on any atom is -0.398 e. The Morgan fingerprint density at radius 1 is 1.69 bits per heavy atom. The molecule has 1 aliphatic heterocycles. The van der Waals surface area contributed by atoms with Crippen molar-refractivity contribution in [2.75, 3.05) is 0 Å². The maximum atomic E-state index is 8.47. The van der Waals surface area contributed by atoms with Crippen LogP contribution in [-0.4, -0.2) is 11.9 Å². The third-order valence-electron chi connectivity index (χ3n) is 1.99. The number of nitriles is 1. The molecule has 4 nitrogen and oxygen atoms in total. The summed E-state index contributed by atoms with van der Waals surface area (Å²) >= 11 is 0. The lowest BCUT2D eigenvalue weighted by Gasteiger charge is -2.01. The van der Waals surface area contributed by atoms with E-state index in [-0.39, 0.29) is 0 Å². The Bertz CT molecular complexity index is 456. The molecule has 0 amide bonds. The van der Waals surface area contributed by atoms with E-state index in [1.807, 2.05) is 26.1 Å². The van der Waals surface area contributed by atoms with Crippen molar-refractivity contribution < 1.29 is 0 Å². The van der Waals surface area contributed by atoms with E-state index < -0.39 is 0 Å². The Hall–Kier alpha value is -2.15. The molecule has 0 saturated carbocycles. The first-order valence-corrected chi connectivity index (χ1v) is 4.95. The van der Waals surface area contributed by atoms with Gasteiger partial charge in [-0.25, -0.2) is 0 Å². The van der Waals surface area contributed by atoms with Crippen molar-refractivity contribution in [3.8, 4) is 6.07 Å². The Morgan fingerprint density at radius 3 is 2.94 bits per heavy atom. The van der Waals surface area contributed by atoms with Crippen molar-refractivity contribution in [1.82, 2.24) is 0 Å². The summed E-state index contributed by atoms with van der Waals surface area (Å²) in [6, 6.07) is 1.88. The molecule has 0 aromatic heterocycles. The highest BCUT2D eigenvalue weighted by Crippen LogP contribution is 2.17. The van der Waals surface area contributed by atoms with E-state index in [4.69, 9.17) is 11.0 Å². The summed E-state index contributed by atoms with van der Waals surface area (Å²) in [5.41, 5.74) is 8.80. The molecular formula is C12H14N4. The van der Waals surface area contributed by atoms with Gasteiger partial charge in [-0.15, -0.1) is 0 Å². The highest BCUT2D eigenvalue weighted by atomic mass is 14.8. The van der Waals surface area contributed by atoms with Crippen LogP contribution in [0, 0.1) is 11.3 Å². The van der Waals surface area contributed by atoms with Gasteiger partial charge in [-0.3, -0.25) is 9.98 Å². The highest BCUT2D eigenvalue weighted by molar-refractivity contribution is 6.04. The van der Waals surface area contributed by atoms with E-state index in [9.17, 15) is 0 Å². The fourth-order valence-corrected chi connectivity index (χ4v) is 1.31. The van der Waals surface area contributed by atoms with Gasteiger partial charge in [0, 0.05) is 30.6 Å². The van der Waals surface area contributed by atoms with E-state index in [2.05, 4.69) is 9.98 Å². The molecule has 82 valence electrons. The largest absolute Gasteiger partial charge is 0.398 e. The van der Waals surface area contributed by atoms with Gasteiger partial charge in [-0.1, -0.05) is 0 Å². The van der Waals surface area contributed by atoms with Gasteiger partial charge in [0.2, 0.25) is 0 Å². The van der Waals surface area contributed by atoms with Crippen molar-refractivity contribution in [2.45, 2.75) is 20.3 Å². The van der Waals surface area contributed by atoms with E-state index in [0.29, 0.717) is 11.4 Å². The molecule has 0 radical (unpaired) electrons. The minimum absolute atomic E-state index is 0.385. The monoisotopic (exact) mass is 214 g/mol. The smallest absolute Gasteiger partial charge is 0.0933 e. The highest BCUT2D eigenvalue weighted by Gasteiger charge is 2.11. The Morgan fingerprint density at radius 2 is 2.44 bits per heavy atom. The quantitative estimate of drug-likeness (QED) is 0.443. The number of allylic oxidation sites excluding steroid dienone is 4. The zero-order valence-corrected chi connectivity index (χ0v) is 9.44. The predicted octanol–water partition coefficient (Wildman–Crippen LogP) is 2.08. The second-order valence-electron chi connectivity index (χ2n) is 3.42. The molecule has 0 aromatic carbocycles. The van der Waals surface area contributed by atoms with Crippen LogP contribution in [0.5, 0.6) is 0 Å². The molecule has 0 unspecified atom stereocenters. The van der Waals surface area contributed by atoms with Crippen LogP contribution in [0.2, 0.25) is 0 Å². The van der Waals surface area contributed by atoms with Crippen molar-refractivity contribution in [1.29, 1.82) is 5.26 Å². The first kappa shape index (κ1) is 11.9. The van der Waals surface area contributed by atoms with Gasteiger partial charge in [0.1, 0.15) is 0 Å². The van der Waals surface area contributed by atoms with Crippen LogP contribution < -0.4 is 5.73 Å². The SMILES string of the molecule is CC=N/C(=C\C(N)=C\C#N)C1=NC=C(C)C1. The number of nitrogens with two attached hydrogens (primary N) is 1. The number of nitrogens with zero attached hydrogens (tertiary/aromatic N) is 3. The second kappa shape index (κ2) is 5.66. The zero-order valence-electron chi connectivity index (χ0n) is 9.44. The molecule has 0 aliphatic carbocycles. The van der Waals surface area contributed by atoms with Gasteiger partial charge in [0.25, 0.3) is 0 Å². The topological polar surface area (TPSA) is 74.5 Å². The lowest BCUT2D eigenvalue weighted by molar-refractivity contribution is 1.27. The molecule has 0 spiro atoms. The third kappa shape index (κ3) is 3.21. The Kier molecular flexibility index (Phi) is 4.22. The Labute approximate surface area is 95.2 Å². The number of hydrogen-bond donors (Lipinski definition) is 1. The molecule has 1 rings (SSSR count). The average molecular weight is 214 g/mol. The van der Waals surface area contributed by atoms with Gasteiger partial charge < -0.3 is 5.73 Å². The fraction of sp³-hybridized carbons (Fsp3) is 0.250. The molecule has 0 saturated heterocycles. The summed E-state index contributed by atoms with van der Waals surface area (Å²) < 4.78 is 0. The van der Waals surface area contributed by atoms with Crippen LogP contribution in [0.15, 0.2) is 45.3 Å². The molecule has 0 bridgehead atoms. The summed E-state index contributed by atoms with van der Waals surface area (Å²) in [6.07, 6.45) is 7.22. The van der Waals surface area contributed by atoms with E-state index in [0.717, 1.165) is 12.1 Å². The first-order valence-electron chi connectivity index (χ1n) is 4.95. The summed E-state index contributed by atoms with van der Waals surface area (Å²) in [6.45, 7) is 3.84. The van der Waals surface area contributed by atoms with Crippen molar-refractivity contribution >= 4 is 11.9 Å². The van der Waals surface area contributed by atoms with Crippen LogP contribution >= 0.6 is 0 Å². The molecule has 0 aromatic rings. The van der Waals surface area contributed by atoms with Gasteiger partial charge in [0.15, 0.2) is 0 Å². The predicted molar refractivity (Wildman–Crippen MR) is 65.9 cm³/mol. The number of rotatable bonds is 3. The van der Waals surface area contributed by atoms with Crippen LogP contribution in [0.4, 0.5) is 0 Å². The summed E-state index contributed by atoms with van der Waals surface area (Å²) in [4.78, 5) is 8.46. The summed E-state index contributed by atoms with van der Waals surface area (Å²) in [5, 5.41) is 8.47. The lowest BCUT2D eigenvalue weighted by atomic mass is 10.1. The molecule has 16 heavy (non-hydrogen) atoms. The van der Waals surface area contributed by atoms with Gasteiger partial charge in [0.05, 0.1) is 17.5 Å². The van der Waals surface area contributed by atoms with Crippen LogP contribution in [-0.2, 0) is 0 Å². The minimum atomic E-state index is 0.385. The molecular weight excluding hydrogens is 200 g/mol. The fourth-order valence-electron chi connectivity index (χ4n) is 1.31. The zero-order chi connectivity index (χ0) is 12.0. The maximum Gasteiger partial charge on any atom is 0.0933 e. The molecule has 4 heteroatoms. The summed E-state index contributed by atoms with van der Waals surface area (Å²) in [7, 11) is 0. The van der Waals surface area contributed by atoms with Crippen LogP contribution in [0.3, 0.4) is 0 Å². The average Bonchev–Trinajstić information content (AvgIpc) is 2.64. The van der Waals surface area contributed by atoms with Gasteiger partial charge in [-0.2, -0.15) is 5.26 Å². The Balaban J connectivity index is 2.94. The number of hydrogen-bond acceptors (Lipinski definition) is 4. The van der Waals surface area contributed by atoms with E-state index in [1.165, 1.54) is 11.6 Å². The molecule has 1 heterocycles. The normalized spacial score (nSPS) is 17.3. The van der Waals surface area contributed by atoms with Gasteiger partial charge >= 0.3 is 0 Å². The van der Waals surface area contributed by atoms with E-state index in [1.54, 1.807) is 12.3 Å². The molecule has 0 fully saturated rings. The lowest BCUT2D eigenvalue weighted by Crippen LogP contribution is -2.02. The second-order valence-corrected chi connectivity index (χ2v) is 3.42. The molecule has 1 aliphatic rings. The van der Waals surface area contributed by atoms with Gasteiger partial charge in [-0.05, 0) is 25.5 Å². The first-order chi connectivity index (χ1) is 7.67. The standard InChI is InChI=1S/C12H14N4/c1-3-15-12(7-10(14)4-5-13)11-6-9(2)8-16-11/h3-4,7-8H,6,14H2,1-2H3/b10-4-,12-7-,15-3?. The number of aliphatic imine (C=N–C) groups is 2. The van der Waals surface area contributed by atoms with Crippen molar-refractivity contribution in [2.24, 2.45) is 15.7 Å².